The van der Waals surface area contributed by atoms with Crippen molar-refractivity contribution in [2.45, 2.75) is 52.4 Å². The van der Waals surface area contributed by atoms with Crippen LogP contribution >= 0.6 is 0 Å². The third kappa shape index (κ3) is 7.06. The number of rotatable bonds is 10. The average Bonchev–Trinajstić information content (AvgIpc) is 2.89. The highest BCUT2D eigenvalue weighted by Gasteiger charge is 2.16. The predicted molar refractivity (Wildman–Crippen MR) is 110 cm³/mol. The first-order valence-electron chi connectivity index (χ1n) is 10.4. The molecule has 1 aromatic rings. The minimum absolute atomic E-state index is 0.144. The number of methoxy groups -OCH3 is 1. The van der Waals surface area contributed by atoms with Gasteiger partial charge in [-0.15, -0.1) is 0 Å². The Bertz CT molecular complexity index is 645. The quantitative estimate of drug-likeness (QED) is 0.619. The van der Waals surface area contributed by atoms with E-state index in [9.17, 15) is 9.59 Å². The number of ether oxygens (including phenoxy) is 2. The van der Waals surface area contributed by atoms with Crippen molar-refractivity contribution in [1.82, 2.24) is 10.2 Å². The molecule has 1 aliphatic heterocycles. The zero-order chi connectivity index (χ0) is 20.4. The van der Waals surface area contributed by atoms with Crippen molar-refractivity contribution < 1.29 is 19.1 Å². The molecule has 1 saturated heterocycles. The average molecular weight is 391 g/mol. The van der Waals surface area contributed by atoms with Crippen LogP contribution in [0, 0.1) is 5.92 Å². The van der Waals surface area contributed by atoms with Crippen LogP contribution in [0.15, 0.2) is 18.2 Å². The summed E-state index contributed by atoms with van der Waals surface area (Å²) in [7, 11) is 1.57. The van der Waals surface area contributed by atoms with Crippen molar-refractivity contribution in [2.24, 2.45) is 5.92 Å². The first-order chi connectivity index (χ1) is 13.5. The minimum atomic E-state index is -0.144. The summed E-state index contributed by atoms with van der Waals surface area (Å²) in [5, 5.41) is 2.92. The molecule has 2 amide bonds. The predicted octanol–water partition coefficient (Wildman–Crippen LogP) is 3.64. The van der Waals surface area contributed by atoms with Gasteiger partial charge in [0.15, 0.2) is 11.5 Å². The second kappa shape index (κ2) is 11.6. The van der Waals surface area contributed by atoms with Crippen LogP contribution in [0.5, 0.6) is 11.5 Å². The number of carbonyl (C=O) groups is 2. The van der Waals surface area contributed by atoms with Gasteiger partial charge in [0.1, 0.15) is 0 Å². The van der Waals surface area contributed by atoms with Gasteiger partial charge in [-0.05, 0) is 49.8 Å². The van der Waals surface area contributed by atoms with E-state index in [-0.39, 0.29) is 11.8 Å². The number of amides is 2. The molecule has 1 N–H and O–H groups in total. The molecule has 0 atom stereocenters. The van der Waals surface area contributed by atoms with Crippen molar-refractivity contribution in [3.63, 3.8) is 0 Å². The molecule has 1 heterocycles. The van der Waals surface area contributed by atoms with E-state index in [4.69, 9.17) is 9.47 Å². The van der Waals surface area contributed by atoms with Crippen LogP contribution in [-0.2, 0) is 4.79 Å². The van der Waals surface area contributed by atoms with Gasteiger partial charge in [0.05, 0.1) is 13.7 Å². The molecule has 156 valence electrons. The fourth-order valence-electron chi connectivity index (χ4n) is 3.18. The number of hydrogen-bond acceptors (Lipinski definition) is 4. The zero-order valence-corrected chi connectivity index (χ0v) is 17.5. The minimum Gasteiger partial charge on any atom is -0.493 e. The summed E-state index contributed by atoms with van der Waals surface area (Å²) in [6.45, 7) is 6.99. The van der Waals surface area contributed by atoms with Crippen molar-refractivity contribution in [2.75, 3.05) is 33.4 Å². The molecule has 6 nitrogen and oxygen atoms in total. The van der Waals surface area contributed by atoms with E-state index >= 15 is 0 Å². The number of likely N-dealkylation sites (tertiary alicyclic amines) is 1. The highest BCUT2D eigenvalue weighted by Crippen LogP contribution is 2.28. The van der Waals surface area contributed by atoms with Crippen molar-refractivity contribution in [3.8, 4) is 11.5 Å². The standard InChI is InChI=1S/C22H34N2O4/c1-17(2)11-15-28-19-10-9-18(16-20(19)27-3)22(26)23-12-7-14-24-13-6-4-5-8-21(24)25/h9-10,16-17H,4-8,11-15H2,1-3H3,(H,23,26). The highest BCUT2D eigenvalue weighted by atomic mass is 16.5. The van der Waals surface area contributed by atoms with Gasteiger partial charge in [0, 0.05) is 31.6 Å². The summed E-state index contributed by atoms with van der Waals surface area (Å²) in [6, 6.07) is 5.24. The number of benzene rings is 1. The van der Waals surface area contributed by atoms with E-state index in [0.29, 0.717) is 49.1 Å². The molecule has 6 heteroatoms. The summed E-state index contributed by atoms with van der Waals surface area (Å²) in [4.78, 5) is 26.3. The maximum Gasteiger partial charge on any atom is 0.251 e. The van der Waals surface area contributed by atoms with Gasteiger partial charge < -0.3 is 19.7 Å². The van der Waals surface area contributed by atoms with Crippen LogP contribution in [0.4, 0.5) is 0 Å². The number of hydrogen-bond donors (Lipinski definition) is 1. The fraction of sp³-hybridized carbons (Fsp3) is 0.636. The third-order valence-corrected chi connectivity index (χ3v) is 4.94. The van der Waals surface area contributed by atoms with Crippen molar-refractivity contribution in [1.29, 1.82) is 0 Å². The lowest BCUT2D eigenvalue weighted by molar-refractivity contribution is -0.130. The van der Waals surface area contributed by atoms with Gasteiger partial charge in [-0.1, -0.05) is 20.3 Å². The molecule has 28 heavy (non-hydrogen) atoms. The van der Waals surface area contributed by atoms with E-state index in [1.54, 1.807) is 25.3 Å². The lowest BCUT2D eigenvalue weighted by Gasteiger charge is -2.20. The van der Waals surface area contributed by atoms with Crippen LogP contribution in [0.3, 0.4) is 0 Å². The summed E-state index contributed by atoms with van der Waals surface area (Å²) >= 11 is 0. The number of nitrogens with one attached hydrogen (secondary N) is 1. The van der Waals surface area contributed by atoms with Crippen molar-refractivity contribution in [3.05, 3.63) is 23.8 Å². The fourth-order valence-corrected chi connectivity index (χ4v) is 3.18. The van der Waals surface area contributed by atoms with Crippen LogP contribution in [0.25, 0.3) is 0 Å². The topological polar surface area (TPSA) is 67.9 Å². The molecule has 0 unspecified atom stereocenters. The maximum absolute atomic E-state index is 12.4. The largest absolute Gasteiger partial charge is 0.493 e. The lowest BCUT2D eigenvalue weighted by Crippen LogP contribution is -2.34. The normalized spacial score (nSPS) is 14.7. The molecule has 0 aromatic heterocycles. The molecule has 0 spiro atoms. The van der Waals surface area contributed by atoms with E-state index in [0.717, 1.165) is 38.6 Å². The molecular formula is C22H34N2O4. The number of carbonyl (C=O) groups excluding carboxylic acids is 2. The second-order valence-corrected chi connectivity index (χ2v) is 7.70. The summed E-state index contributed by atoms with van der Waals surface area (Å²) in [5.41, 5.74) is 0.541. The third-order valence-electron chi connectivity index (χ3n) is 4.94. The van der Waals surface area contributed by atoms with E-state index in [2.05, 4.69) is 19.2 Å². The van der Waals surface area contributed by atoms with Crippen molar-refractivity contribution >= 4 is 11.8 Å². The van der Waals surface area contributed by atoms with Crippen LogP contribution in [0.2, 0.25) is 0 Å². The van der Waals surface area contributed by atoms with Crippen LogP contribution in [0.1, 0.15) is 62.7 Å². The van der Waals surface area contributed by atoms with Gasteiger partial charge in [0.2, 0.25) is 5.91 Å². The number of nitrogens with zero attached hydrogens (tertiary/aromatic N) is 1. The van der Waals surface area contributed by atoms with Gasteiger partial charge >= 0.3 is 0 Å². The summed E-state index contributed by atoms with van der Waals surface area (Å²) in [5.74, 6) is 1.88. The van der Waals surface area contributed by atoms with Gasteiger partial charge in [-0.25, -0.2) is 0 Å². The summed E-state index contributed by atoms with van der Waals surface area (Å²) < 4.78 is 11.1. The summed E-state index contributed by atoms with van der Waals surface area (Å²) in [6.07, 6.45) is 5.56. The van der Waals surface area contributed by atoms with Gasteiger partial charge in [0.25, 0.3) is 5.91 Å². The van der Waals surface area contributed by atoms with E-state index in [1.807, 2.05) is 4.90 Å². The Hall–Kier alpha value is -2.24. The van der Waals surface area contributed by atoms with E-state index in [1.165, 1.54) is 0 Å². The Kier molecular flexibility index (Phi) is 9.11. The second-order valence-electron chi connectivity index (χ2n) is 7.70. The van der Waals surface area contributed by atoms with E-state index < -0.39 is 0 Å². The molecule has 1 aliphatic rings. The molecule has 0 saturated carbocycles. The molecule has 2 rings (SSSR count). The molecule has 1 aromatic carbocycles. The Morgan fingerprint density at radius 2 is 2.04 bits per heavy atom. The molecule has 0 radical (unpaired) electrons. The molecular weight excluding hydrogens is 356 g/mol. The molecule has 0 aliphatic carbocycles. The first-order valence-corrected chi connectivity index (χ1v) is 10.4. The maximum atomic E-state index is 12.4. The van der Waals surface area contributed by atoms with Gasteiger partial charge in [-0.3, -0.25) is 9.59 Å². The smallest absolute Gasteiger partial charge is 0.251 e. The Morgan fingerprint density at radius 3 is 2.79 bits per heavy atom. The van der Waals surface area contributed by atoms with Crippen LogP contribution < -0.4 is 14.8 Å². The Balaban J connectivity index is 1.80. The molecule has 1 fully saturated rings. The monoisotopic (exact) mass is 390 g/mol. The Labute approximate surface area is 168 Å². The lowest BCUT2D eigenvalue weighted by atomic mass is 10.1. The zero-order valence-electron chi connectivity index (χ0n) is 17.5. The SMILES string of the molecule is COc1cc(C(=O)NCCCN2CCCCCC2=O)ccc1OCCC(C)C. The first kappa shape index (κ1) is 22.1. The Morgan fingerprint density at radius 1 is 1.21 bits per heavy atom. The highest BCUT2D eigenvalue weighted by molar-refractivity contribution is 5.94. The molecule has 0 bridgehead atoms. The van der Waals surface area contributed by atoms with Crippen LogP contribution in [-0.4, -0.2) is 50.1 Å². The van der Waals surface area contributed by atoms with Gasteiger partial charge in [-0.2, -0.15) is 0 Å².